The van der Waals surface area contributed by atoms with Gasteiger partial charge in [0, 0.05) is 12.4 Å². The summed E-state index contributed by atoms with van der Waals surface area (Å²) >= 11 is 0. The molecule has 0 aliphatic carbocycles. The maximum Gasteiger partial charge on any atom is 0.0571 e. The lowest BCUT2D eigenvalue weighted by molar-refractivity contribution is 0.284. The van der Waals surface area contributed by atoms with Gasteiger partial charge in [-0.25, -0.2) is 0 Å². The number of rotatable bonds is 7. The van der Waals surface area contributed by atoms with Crippen LogP contribution in [0.25, 0.3) is 0 Å². The van der Waals surface area contributed by atoms with E-state index in [0.717, 1.165) is 0 Å². The van der Waals surface area contributed by atoms with Crippen LogP contribution in [-0.4, -0.2) is 9.78 Å². The van der Waals surface area contributed by atoms with Crippen LogP contribution in [0.4, 0.5) is 0 Å². The summed E-state index contributed by atoms with van der Waals surface area (Å²) in [5, 5.41) is 4.32. The van der Waals surface area contributed by atoms with Crippen molar-refractivity contribution >= 4 is 0 Å². The average molecular weight is 208 g/mol. The van der Waals surface area contributed by atoms with E-state index in [-0.39, 0.29) is 5.54 Å². The Labute approximate surface area is 93.7 Å². The van der Waals surface area contributed by atoms with Crippen LogP contribution in [0.1, 0.15) is 59.3 Å². The fraction of sp³-hybridized carbons (Fsp3) is 0.769. The number of hydrogen-bond acceptors (Lipinski definition) is 1. The van der Waals surface area contributed by atoms with Gasteiger partial charge in [0.15, 0.2) is 0 Å². The number of aromatic nitrogens is 2. The third-order valence-corrected chi connectivity index (χ3v) is 3.02. The molecule has 1 aromatic heterocycles. The van der Waals surface area contributed by atoms with Crippen molar-refractivity contribution in [1.29, 1.82) is 0 Å². The Kier molecular flexibility index (Phi) is 4.86. The zero-order valence-electron chi connectivity index (χ0n) is 10.4. The first-order valence-electron chi connectivity index (χ1n) is 6.17. The molecule has 86 valence electrons. The van der Waals surface area contributed by atoms with Crippen LogP contribution in [0.2, 0.25) is 0 Å². The van der Waals surface area contributed by atoms with E-state index < -0.39 is 0 Å². The molecule has 0 aliphatic rings. The smallest absolute Gasteiger partial charge is 0.0571 e. The van der Waals surface area contributed by atoms with E-state index in [1.54, 1.807) is 0 Å². The summed E-state index contributed by atoms with van der Waals surface area (Å²) in [5.41, 5.74) is 0.176. The van der Waals surface area contributed by atoms with Crippen LogP contribution in [0, 0.1) is 0 Å². The fourth-order valence-corrected chi connectivity index (χ4v) is 1.90. The predicted molar refractivity (Wildman–Crippen MR) is 64.9 cm³/mol. The molecule has 0 spiro atoms. The molecule has 0 bridgehead atoms. The molecule has 0 aromatic carbocycles. The highest BCUT2D eigenvalue weighted by molar-refractivity contribution is 4.85. The molecule has 0 amide bonds. The first-order valence-corrected chi connectivity index (χ1v) is 6.17. The van der Waals surface area contributed by atoms with Crippen molar-refractivity contribution in [3.63, 3.8) is 0 Å². The van der Waals surface area contributed by atoms with Crippen molar-refractivity contribution in [1.82, 2.24) is 9.78 Å². The molecule has 1 aromatic rings. The van der Waals surface area contributed by atoms with Crippen molar-refractivity contribution in [3.8, 4) is 0 Å². The lowest BCUT2D eigenvalue weighted by Gasteiger charge is -2.25. The minimum absolute atomic E-state index is 0.176. The highest BCUT2D eigenvalue weighted by Gasteiger charge is 2.19. The quantitative estimate of drug-likeness (QED) is 0.620. The minimum atomic E-state index is 0.176. The summed E-state index contributed by atoms with van der Waals surface area (Å²) in [6, 6.07) is 2.00. The number of unbranched alkanes of at least 4 members (excludes halogenated alkanes) is 4. The van der Waals surface area contributed by atoms with Gasteiger partial charge in [-0.05, 0) is 26.3 Å². The van der Waals surface area contributed by atoms with Crippen LogP contribution in [0.15, 0.2) is 18.5 Å². The molecule has 2 heteroatoms. The van der Waals surface area contributed by atoms with E-state index in [1.165, 1.54) is 38.5 Å². The Morgan fingerprint density at radius 3 is 2.47 bits per heavy atom. The second kappa shape index (κ2) is 5.94. The molecule has 2 nitrogen and oxygen atoms in total. The van der Waals surface area contributed by atoms with E-state index in [0.29, 0.717) is 0 Å². The SMILES string of the molecule is CCCCCCCC(C)(C)n1cccn1. The molecule has 1 rings (SSSR count). The summed E-state index contributed by atoms with van der Waals surface area (Å²) < 4.78 is 2.08. The summed E-state index contributed by atoms with van der Waals surface area (Å²) in [4.78, 5) is 0. The summed E-state index contributed by atoms with van der Waals surface area (Å²) in [7, 11) is 0. The van der Waals surface area contributed by atoms with Gasteiger partial charge in [-0.1, -0.05) is 39.0 Å². The molecule has 0 unspecified atom stereocenters. The zero-order chi connectivity index (χ0) is 11.1. The predicted octanol–water partition coefficient (Wildman–Crippen LogP) is 3.98. The Bertz CT molecular complexity index is 250. The molecule has 15 heavy (non-hydrogen) atoms. The van der Waals surface area contributed by atoms with Crippen molar-refractivity contribution < 1.29 is 0 Å². The van der Waals surface area contributed by atoms with Gasteiger partial charge >= 0.3 is 0 Å². The van der Waals surface area contributed by atoms with E-state index in [9.17, 15) is 0 Å². The fourth-order valence-electron chi connectivity index (χ4n) is 1.90. The molecule has 0 saturated carbocycles. The summed E-state index contributed by atoms with van der Waals surface area (Å²) in [6.45, 7) is 6.79. The standard InChI is InChI=1S/C13H24N2/c1-4-5-6-7-8-10-13(2,3)15-12-9-11-14-15/h9,11-12H,4-8,10H2,1-3H3. The van der Waals surface area contributed by atoms with Crippen molar-refractivity contribution in [3.05, 3.63) is 18.5 Å². The zero-order valence-corrected chi connectivity index (χ0v) is 10.4. The van der Waals surface area contributed by atoms with E-state index in [2.05, 4.69) is 36.7 Å². The summed E-state index contributed by atoms with van der Waals surface area (Å²) in [5.74, 6) is 0. The van der Waals surface area contributed by atoms with Crippen molar-refractivity contribution in [2.45, 2.75) is 64.8 Å². The van der Waals surface area contributed by atoms with E-state index >= 15 is 0 Å². The topological polar surface area (TPSA) is 17.8 Å². The van der Waals surface area contributed by atoms with Gasteiger partial charge in [0.05, 0.1) is 5.54 Å². The maximum atomic E-state index is 4.32. The van der Waals surface area contributed by atoms with Crippen LogP contribution in [-0.2, 0) is 5.54 Å². The van der Waals surface area contributed by atoms with Crippen LogP contribution in [0.3, 0.4) is 0 Å². The Hall–Kier alpha value is -0.790. The van der Waals surface area contributed by atoms with Crippen LogP contribution >= 0.6 is 0 Å². The normalized spacial score (nSPS) is 11.9. The van der Waals surface area contributed by atoms with Gasteiger partial charge in [-0.2, -0.15) is 5.10 Å². The molecular formula is C13H24N2. The molecule has 1 heterocycles. The first kappa shape index (κ1) is 12.3. The lowest BCUT2D eigenvalue weighted by atomic mass is 9.96. The van der Waals surface area contributed by atoms with E-state index in [1.807, 2.05) is 12.3 Å². The first-order chi connectivity index (χ1) is 7.17. The Morgan fingerprint density at radius 2 is 1.87 bits per heavy atom. The van der Waals surface area contributed by atoms with Gasteiger partial charge in [-0.15, -0.1) is 0 Å². The number of hydrogen-bond donors (Lipinski definition) is 0. The largest absolute Gasteiger partial charge is 0.267 e. The number of nitrogens with zero attached hydrogens (tertiary/aromatic N) is 2. The highest BCUT2D eigenvalue weighted by atomic mass is 15.3. The van der Waals surface area contributed by atoms with Gasteiger partial charge in [0.2, 0.25) is 0 Å². The van der Waals surface area contributed by atoms with Crippen LogP contribution in [0.5, 0.6) is 0 Å². The molecule has 0 aliphatic heterocycles. The molecular weight excluding hydrogens is 184 g/mol. The molecule has 0 radical (unpaired) electrons. The molecule has 0 fully saturated rings. The lowest BCUT2D eigenvalue weighted by Crippen LogP contribution is -2.26. The third kappa shape index (κ3) is 4.06. The highest BCUT2D eigenvalue weighted by Crippen LogP contribution is 2.22. The minimum Gasteiger partial charge on any atom is -0.267 e. The monoisotopic (exact) mass is 208 g/mol. The Morgan fingerprint density at radius 1 is 1.13 bits per heavy atom. The molecule has 0 saturated heterocycles. The Balaban J connectivity index is 2.25. The molecule has 0 N–H and O–H groups in total. The van der Waals surface area contributed by atoms with Gasteiger partial charge in [0.1, 0.15) is 0 Å². The summed E-state index contributed by atoms with van der Waals surface area (Å²) in [6.07, 6.45) is 11.9. The third-order valence-electron chi connectivity index (χ3n) is 3.02. The maximum absolute atomic E-state index is 4.32. The van der Waals surface area contributed by atoms with Crippen LogP contribution < -0.4 is 0 Å². The van der Waals surface area contributed by atoms with E-state index in [4.69, 9.17) is 0 Å². The van der Waals surface area contributed by atoms with Gasteiger partial charge in [-0.3, -0.25) is 4.68 Å². The second-order valence-corrected chi connectivity index (χ2v) is 4.93. The van der Waals surface area contributed by atoms with Gasteiger partial charge < -0.3 is 0 Å². The molecule has 0 atom stereocenters. The van der Waals surface area contributed by atoms with Crippen molar-refractivity contribution in [2.24, 2.45) is 0 Å². The van der Waals surface area contributed by atoms with Crippen molar-refractivity contribution in [2.75, 3.05) is 0 Å². The average Bonchev–Trinajstić information content (AvgIpc) is 2.70. The second-order valence-electron chi connectivity index (χ2n) is 4.93. The van der Waals surface area contributed by atoms with Gasteiger partial charge in [0.25, 0.3) is 0 Å².